The smallest absolute Gasteiger partial charge is 0.228 e. The van der Waals surface area contributed by atoms with Crippen LogP contribution in [0.3, 0.4) is 0 Å². The van der Waals surface area contributed by atoms with Gasteiger partial charge in [0, 0.05) is 11.3 Å². The molecule has 3 N–H and O–H groups in total. The van der Waals surface area contributed by atoms with Crippen molar-refractivity contribution in [2.75, 3.05) is 12.4 Å². The summed E-state index contributed by atoms with van der Waals surface area (Å²) in [4.78, 5) is 12.3. The van der Waals surface area contributed by atoms with Crippen molar-refractivity contribution < 1.29 is 9.53 Å². The number of thiocarbonyl (C=S) groups is 1. The predicted octanol–water partition coefficient (Wildman–Crippen LogP) is 2.51. The molecule has 21 heavy (non-hydrogen) atoms. The minimum Gasteiger partial charge on any atom is -0.497 e. The number of methoxy groups -OCH3 is 1. The highest BCUT2D eigenvalue weighted by molar-refractivity contribution is 7.80. The molecule has 2 aromatic rings. The molecule has 0 radical (unpaired) electrons. The van der Waals surface area contributed by atoms with Gasteiger partial charge in [-0.1, -0.05) is 36.5 Å². The Kier molecular flexibility index (Phi) is 4.90. The average molecular weight is 300 g/mol. The lowest BCUT2D eigenvalue weighted by molar-refractivity contribution is -0.115. The third kappa shape index (κ3) is 4.29. The van der Waals surface area contributed by atoms with Crippen molar-refractivity contribution >= 4 is 28.8 Å². The second-order valence-corrected chi connectivity index (χ2v) is 4.95. The van der Waals surface area contributed by atoms with E-state index in [0.29, 0.717) is 11.4 Å². The Labute approximate surface area is 128 Å². The van der Waals surface area contributed by atoms with Gasteiger partial charge in [0.1, 0.15) is 10.7 Å². The average Bonchev–Trinajstić information content (AvgIpc) is 2.48. The molecule has 0 aliphatic heterocycles. The third-order valence-electron chi connectivity index (χ3n) is 2.98. The molecule has 0 saturated carbocycles. The number of nitrogens with one attached hydrogen (secondary N) is 1. The molecule has 2 rings (SSSR count). The van der Waals surface area contributed by atoms with Crippen LogP contribution in [-0.2, 0) is 11.2 Å². The maximum absolute atomic E-state index is 12.0. The van der Waals surface area contributed by atoms with Crippen LogP contribution in [0, 0.1) is 0 Å². The number of hydrogen-bond donors (Lipinski definition) is 2. The first-order valence-corrected chi connectivity index (χ1v) is 6.82. The van der Waals surface area contributed by atoms with Gasteiger partial charge < -0.3 is 15.8 Å². The molecule has 0 aliphatic carbocycles. The van der Waals surface area contributed by atoms with Gasteiger partial charge in [0.05, 0.1) is 13.5 Å². The van der Waals surface area contributed by atoms with Crippen LogP contribution in [0.5, 0.6) is 5.75 Å². The molecule has 0 saturated heterocycles. The fraction of sp³-hybridized carbons (Fsp3) is 0.125. The molecule has 0 bridgehead atoms. The Bertz CT molecular complexity index is 636. The van der Waals surface area contributed by atoms with Crippen LogP contribution in [0.15, 0.2) is 48.5 Å². The number of rotatable bonds is 5. The second kappa shape index (κ2) is 6.85. The number of carbonyl (C=O) groups excluding carboxylic acids is 1. The zero-order chi connectivity index (χ0) is 15.2. The Morgan fingerprint density at radius 3 is 2.29 bits per heavy atom. The van der Waals surface area contributed by atoms with E-state index in [1.165, 1.54) is 0 Å². The molecular formula is C16H16N2O2S. The van der Waals surface area contributed by atoms with Crippen LogP contribution < -0.4 is 15.8 Å². The first-order valence-electron chi connectivity index (χ1n) is 6.41. The number of ether oxygens (including phenoxy) is 1. The zero-order valence-corrected chi connectivity index (χ0v) is 12.4. The molecule has 0 unspecified atom stereocenters. The summed E-state index contributed by atoms with van der Waals surface area (Å²) in [5.74, 6) is 0.671. The maximum Gasteiger partial charge on any atom is 0.228 e. The quantitative estimate of drug-likeness (QED) is 0.833. The lowest BCUT2D eigenvalue weighted by Gasteiger charge is -2.07. The van der Waals surface area contributed by atoms with E-state index in [2.05, 4.69) is 5.32 Å². The summed E-state index contributed by atoms with van der Waals surface area (Å²) in [5, 5.41) is 2.83. The molecule has 108 valence electrons. The Balaban J connectivity index is 1.95. The molecule has 0 heterocycles. The molecule has 0 atom stereocenters. The summed E-state index contributed by atoms with van der Waals surface area (Å²) in [6.07, 6.45) is 0.295. The fourth-order valence-corrected chi connectivity index (χ4v) is 1.99. The Hall–Kier alpha value is -2.40. The van der Waals surface area contributed by atoms with E-state index in [9.17, 15) is 4.79 Å². The minimum absolute atomic E-state index is 0.0803. The van der Waals surface area contributed by atoms with E-state index in [-0.39, 0.29) is 5.91 Å². The number of amides is 1. The summed E-state index contributed by atoms with van der Waals surface area (Å²) >= 11 is 4.89. The third-order valence-corrected chi connectivity index (χ3v) is 3.21. The summed E-state index contributed by atoms with van der Waals surface area (Å²) < 4.78 is 5.07. The molecule has 4 nitrogen and oxygen atoms in total. The van der Waals surface area contributed by atoms with Gasteiger partial charge in [-0.05, 0) is 29.8 Å². The first-order chi connectivity index (χ1) is 10.1. The van der Waals surface area contributed by atoms with Crippen molar-refractivity contribution in [3.63, 3.8) is 0 Å². The molecule has 0 spiro atoms. The molecule has 1 amide bonds. The number of hydrogen-bond acceptors (Lipinski definition) is 3. The van der Waals surface area contributed by atoms with Crippen molar-refractivity contribution in [3.05, 3.63) is 59.7 Å². The summed E-state index contributed by atoms with van der Waals surface area (Å²) in [7, 11) is 1.60. The van der Waals surface area contributed by atoms with Gasteiger partial charge in [0.2, 0.25) is 5.91 Å². The summed E-state index contributed by atoms with van der Waals surface area (Å²) in [6, 6.07) is 14.5. The highest BCUT2D eigenvalue weighted by Crippen LogP contribution is 2.15. The number of carbonyl (C=O) groups is 1. The van der Waals surface area contributed by atoms with E-state index in [0.717, 1.165) is 22.6 Å². The van der Waals surface area contributed by atoms with E-state index >= 15 is 0 Å². The van der Waals surface area contributed by atoms with E-state index in [1.807, 2.05) is 24.3 Å². The Morgan fingerprint density at radius 2 is 1.76 bits per heavy atom. The lowest BCUT2D eigenvalue weighted by Crippen LogP contribution is -2.14. The maximum atomic E-state index is 12.0. The van der Waals surface area contributed by atoms with Gasteiger partial charge in [-0.2, -0.15) is 0 Å². The van der Waals surface area contributed by atoms with Crippen molar-refractivity contribution in [1.82, 2.24) is 0 Å². The van der Waals surface area contributed by atoms with Crippen molar-refractivity contribution in [2.45, 2.75) is 6.42 Å². The summed E-state index contributed by atoms with van der Waals surface area (Å²) in [5.41, 5.74) is 7.97. The van der Waals surface area contributed by atoms with Gasteiger partial charge in [0.25, 0.3) is 0 Å². The normalized spacial score (nSPS) is 9.95. The minimum atomic E-state index is -0.0803. The van der Waals surface area contributed by atoms with Crippen LogP contribution in [0.25, 0.3) is 0 Å². The van der Waals surface area contributed by atoms with Crippen LogP contribution in [0.2, 0.25) is 0 Å². The van der Waals surface area contributed by atoms with Crippen molar-refractivity contribution in [2.24, 2.45) is 5.73 Å². The fourth-order valence-electron chi connectivity index (χ4n) is 1.85. The molecule has 0 aliphatic rings. The van der Waals surface area contributed by atoms with Gasteiger partial charge >= 0.3 is 0 Å². The predicted molar refractivity (Wildman–Crippen MR) is 87.7 cm³/mol. The SMILES string of the molecule is COc1ccc(NC(=O)Cc2ccc(C(N)=S)cc2)cc1. The lowest BCUT2D eigenvalue weighted by atomic mass is 10.1. The largest absolute Gasteiger partial charge is 0.497 e. The standard InChI is InChI=1S/C16H16N2O2S/c1-20-14-8-6-13(7-9-14)18-15(19)10-11-2-4-12(5-3-11)16(17)21/h2-9H,10H2,1H3,(H2,17,21)(H,18,19). The van der Waals surface area contributed by atoms with E-state index < -0.39 is 0 Å². The first kappa shape index (κ1) is 15.0. The van der Waals surface area contributed by atoms with Crippen molar-refractivity contribution in [1.29, 1.82) is 0 Å². The molecule has 5 heteroatoms. The van der Waals surface area contributed by atoms with Crippen LogP contribution in [0.4, 0.5) is 5.69 Å². The van der Waals surface area contributed by atoms with Crippen molar-refractivity contribution in [3.8, 4) is 5.75 Å². The number of benzene rings is 2. The van der Waals surface area contributed by atoms with Gasteiger partial charge in [-0.15, -0.1) is 0 Å². The van der Waals surface area contributed by atoms with Crippen LogP contribution in [0.1, 0.15) is 11.1 Å². The summed E-state index contributed by atoms with van der Waals surface area (Å²) in [6.45, 7) is 0. The molecular weight excluding hydrogens is 284 g/mol. The number of nitrogens with two attached hydrogens (primary N) is 1. The zero-order valence-electron chi connectivity index (χ0n) is 11.6. The second-order valence-electron chi connectivity index (χ2n) is 4.51. The van der Waals surface area contributed by atoms with Gasteiger partial charge in [-0.3, -0.25) is 4.79 Å². The highest BCUT2D eigenvalue weighted by Gasteiger charge is 2.05. The van der Waals surface area contributed by atoms with E-state index in [4.69, 9.17) is 22.7 Å². The molecule has 0 aromatic heterocycles. The van der Waals surface area contributed by atoms with Gasteiger partial charge in [-0.25, -0.2) is 0 Å². The monoisotopic (exact) mass is 300 g/mol. The Morgan fingerprint density at radius 1 is 1.14 bits per heavy atom. The van der Waals surface area contributed by atoms with E-state index in [1.54, 1.807) is 31.4 Å². The van der Waals surface area contributed by atoms with Crippen LogP contribution in [-0.4, -0.2) is 18.0 Å². The number of anilines is 1. The highest BCUT2D eigenvalue weighted by atomic mass is 32.1. The molecule has 2 aromatic carbocycles. The van der Waals surface area contributed by atoms with Crippen LogP contribution >= 0.6 is 12.2 Å². The molecule has 0 fully saturated rings. The van der Waals surface area contributed by atoms with Gasteiger partial charge in [0.15, 0.2) is 0 Å². The topological polar surface area (TPSA) is 64.3 Å².